The van der Waals surface area contributed by atoms with Gasteiger partial charge in [0.05, 0.1) is 4.90 Å². The van der Waals surface area contributed by atoms with Crippen LogP contribution < -0.4 is 0 Å². The van der Waals surface area contributed by atoms with E-state index in [1.165, 1.54) is 19.1 Å². The van der Waals surface area contributed by atoms with E-state index in [1.807, 2.05) is 13.8 Å². The zero-order valence-corrected chi connectivity index (χ0v) is 12.0. The summed E-state index contributed by atoms with van der Waals surface area (Å²) >= 11 is 0. The van der Waals surface area contributed by atoms with Crippen molar-refractivity contribution in [2.75, 3.05) is 0 Å². The lowest BCUT2D eigenvalue weighted by molar-refractivity contribution is -0.119. The Morgan fingerprint density at radius 3 is 1.85 bits per heavy atom. The van der Waals surface area contributed by atoms with Crippen molar-refractivity contribution in [1.82, 2.24) is 0 Å². The molecule has 0 aliphatic heterocycles. The highest BCUT2D eigenvalue weighted by molar-refractivity contribution is 7.92. The lowest BCUT2D eigenvalue weighted by atomic mass is 9.86. The first kappa shape index (κ1) is 16.7. The molecule has 1 unspecified atom stereocenters. The van der Waals surface area contributed by atoms with Gasteiger partial charge in [0.2, 0.25) is 0 Å². The molecule has 0 heterocycles. The van der Waals surface area contributed by atoms with Crippen molar-refractivity contribution < 1.29 is 26.4 Å². The zero-order chi connectivity index (χ0) is 15.7. The second-order valence-corrected chi connectivity index (χ2v) is 6.79. The van der Waals surface area contributed by atoms with Crippen molar-refractivity contribution >= 4 is 15.6 Å². The van der Waals surface area contributed by atoms with E-state index in [0.29, 0.717) is 5.56 Å². The third kappa shape index (κ3) is 3.20. The normalized spacial score (nSPS) is 14.3. The van der Waals surface area contributed by atoms with Crippen molar-refractivity contribution in [3.63, 3.8) is 0 Å². The number of hydrogen-bond acceptors (Lipinski definition) is 3. The Hall–Kier alpha value is -1.37. The number of carbonyl (C=O) groups excluding carboxylic acids is 1. The summed E-state index contributed by atoms with van der Waals surface area (Å²) in [5, 5.41) is 0. The number of benzene rings is 1. The summed E-state index contributed by atoms with van der Waals surface area (Å²) in [6.45, 7) is 5.02. The third-order valence-corrected chi connectivity index (χ3v) is 4.46. The van der Waals surface area contributed by atoms with Gasteiger partial charge in [-0.1, -0.05) is 26.0 Å². The molecule has 0 saturated carbocycles. The molecular weight excluding hydrogens is 293 g/mol. The van der Waals surface area contributed by atoms with Crippen LogP contribution in [-0.4, -0.2) is 19.7 Å². The second kappa shape index (κ2) is 5.55. The smallest absolute Gasteiger partial charge is 0.299 e. The van der Waals surface area contributed by atoms with Crippen LogP contribution in [0.2, 0.25) is 0 Å². The van der Waals surface area contributed by atoms with Crippen LogP contribution in [0.3, 0.4) is 0 Å². The Balaban J connectivity index is 3.22. The van der Waals surface area contributed by atoms with E-state index < -0.39 is 26.2 Å². The molecule has 0 N–H and O–H groups in total. The van der Waals surface area contributed by atoms with Crippen molar-refractivity contribution in [2.24, 2.45) is 5.92 Å². The molecular formula is C13H15F3O3S. The molecule has 0 saturated heterocycles. The summed E-state index contributed by atoms with van der Waals surface area (Å²) < 4.78 is 59.6. The predicted molar refractivity (Wildman–Crippen MR) is 67.9 cm³/mol. The number of ketones is 1. The fourth-order valence-corrected chi connectivity index (χ4v) is 2.84. The molecule has 7 heteroatoms. The quantitative estimate of drug-likeness (QED) is 0.857. The lowest BCUT2D eigenvalue weighted by Gasteiger charge is -2.18. The molecule has 0 fully saturated rings. The molecule has 20 heavy (non-hydrogen) atoms. The summed E-state index contributed by atoms with van der Waals surface area (Å²) in [7, 11) is -5.34. The average Bonchev–Trinajstić information content (AvgIpc) is 2.27. The van der Waals surface area contributed by atoms with Gasteiger partial charge in [-0.05, 0) is 30.5 Å². The highest BCUT2D eigenvalue weighted by atomic mass is 32.2. The van der Waals surface area contributed by atoms with Gasteiger partial charge in [0.1, 0.15) is 5.78 Å². The van der Waals surface area contributed by atoms with Crippen molar-refractivity contribution in [2.45, 2.75) is 37.1 Å². The molecule has 0 amide bonds. The van der Waals surface area contributed by atoms with Gasteiger partial charge in [-0.3, -0.25) is 4.79 Å². The first-order valence-corrected chi connectivity index (χ1v) is 7.38. The van der Waals surface area contributed by atoms with Crippen molar-refractivity contribution in [3.05, 3.63) is 29.8 Å². The fraction of sp³-hybridized carbons (Fsp3) is 0.462. The first-order chi connectivity index (χ1) is 8.98. The van der Waals surface area contributed by atoms with E-state index in [1.54, 1.807) is 0 Å². The summed E-state index contributed by atoms with van der Waals surface area (Å²) in [5.74, 6) is -0.610. The van der Waals surface area contributed by atoms with Crippen LogP contribution in [0, 0.1) is 5.92 Å². The number of carbonyl (C=O) groups is 1. The van der Waals surface area contributed by atoms with Crippen LogP contribution in [0.4, 0.5) is 13.2 Å². The van der Waals surface area contributed by atoms with Gasteiger partial charge in [-0.15, -0.1) is 0 Å². The fourth-order valence-electron chi connectivity index (χ4n) is 2.08. The monoisotopic (exact) mass is 308 g/mol. The van der Waals surface area contributed by atoms with Gasteiger partial charge < -0.3 is 0 Å². The molecule has 0 radical (unpaired) electrons. The van der Waals surface area contributed by atoms with Gasteiger partial charge in [0, 0.05) is 5.92 Å². The second-order valence-electron chi connectivity index (χ2n) is 4.85. The van der Waals surface area contributed by atoms with Crippen LogP contribution in [0.15, 0.2) is 29.2 Å². The molecule has 0 aromatic heterocycles. The molecule has 1 aromatic rings. The van der Waals surface area contributed by atoms with E-state index >= 15 is 0 Å². The Labute approximate surface area is 115 Å². The highest BCUT2D eigenvalue weighted by Crippen LogP contribution is 2.32. The van der Waals surface area contributed by atoms with Crippen molar-refractivity contribution in [3.8, 4) is 0 Å². The molecule has 0 spiro atoms. The van der Waals surface area contributed by atoms with E-state index in [9.17, 15) is 26.4 Å². The SMILES string of the molecule is CC(=O)C(c1ccc(S(=O)(=O)C(F)(F)F)cc1)C(C)C. The lowest BCUT2D eigenvalue weighted by Crippen LogP contribution is -2.23. The van der Waals surface area contributed by atoms with E-state index in [2.05, 4.69) is 0 Å². The average molecular weight is 308 g/mol. The summed E-state index contributed by atoms with van der Waals surface area (Å²) in [4.78, 5) is 10.7. The summed E-state index contributed by atoms with van der Waals surface area (Å²) in [5.41, 5.74) is -4.82. The van der Waals surface area contributed by atoms with Crippen molar-refractivity contribution in [1.29, 1.82) is 0 Å². The number of alkyl halides is 3. The van der Waals surface area contributed by atoms with E-state index in [0.717, 1.165) is 12.1 Å². The van der Waals surface area contributed by atoms with Gasteiger partial charge in [0.25, 0.3) is 9.84 Å². The summed E-state index contributed by atoms with van der Waals surface area (Å²) in [6, 6.07) is 4.28. The largest absolute Gasteiger partial charge is 0.501 e. The number of sulfone groups is 1. The van der Waals surface area contributed by atoms with Crippen LogP contribution in [-0.2, 0) is 14.6 Å². The zero-order valence-electron chi connectivity index (χ0n) is 11.2. The van der Waals surface area contributed by atoms with E-state index in [-0.39, 0.29) is 11.7 Å². The Bertz CT molecular complexity index is 586. The number of Topliss-reactive ketones (excluding diaryl/α,β-unsaturated/α-hetero) is 1. The molecule has 3 nitrogen and oxygen atoms in total. The third-order valence-electron chi connectivity index (χ3n) is 2.96. The predicted octanol–water partition coefficient (Wildman–Crippen LogP) is 3.31. The molecule has 1 aromatic carbocycles. The number of hydrogen-bond donors (Lipinski definition) is 0. The Kier molecular flexibility index (Phi) is 4.63. The van der Waals surface area contributed by atoms with Gasteiger partial charge in [0.15, 0.2) is 0 Å². The maximum Gasteiger partial charge on any atom is 0.501 e. The highest BCUT2D eigenvalue weighted by Gasteiger charge is 2.46. The van der Waals surface area contributed by atoms with Gasteiger partial charge in [-0.2, -0.15) is 13.2 Å². The summed E-state index contributed by atoms with van der Waals surface area (Å²) in [6.07, 6.45) is 0. The minimum Gasteiger partial charge on any atom is -0.299 e. The number of rotatable bonds is 4. The topological polar surface area (TPSA) is 51.2 Å². The maximum absolute atomic E-state index is 12.4. The maximum atomic E-state index is 12.4. The Morgan fingerprint density at radius 2 is 1.55 bits per heavy atom. The molecule has 0 bridgehead atoms. The molecule has 1 atom stereocenters. The molecule has 1 rings (SSSR count). The molecule has 0 aliphatic carbocycles. The molecule has 0 aliphatic rings. The van der Waals surface area contributed by atoms with E-state index in [4.69, 9.17) is 0 Å². The Morgan fingerprint density at radius 1 is 1.10 bits per heavy atom. The van der Waals surface area contributed by atoms with Crippen LogP contribution in [0.1, 0.15) is 32.3 Å². The first-order valence-electron chi connectivity index (χ1n) is 5.90. The van der Waals surface area contributed by atoms with Crippen LogP contribution >= 0.6 is 0 Å². The van der Waals surface area contributed by atoms with Gasteiger partial charge >= 0.3 is 5.51 Å². The minimum absolute atomic E-state index is 0.0300. The molecule has 112 valence electrons. The number of halogens is 3. The van der Waals surface area contributed by atoms with Crippen LogP contribution in [0.5, 0.6) is 0 Å². The standard InChI is InChI=1S/C13H15F3O3S/c1-8(2)12(9(3)17)10-4-6-11(7-5-10)20(18,19)13(14,15)16/h4-8,12H,1-3H3. The minimum atomic E-state index is -5.34. The van der Waals surface area contributed by atoms with Gasteiger partial charge in [-0.25, -0.2) is 8.42 Å². The van der Waals surface area contributed by atoms with Crippen LogP contribution in [0.25, 0.3) is 0 Å².